The molecule has 2 heterocycles. The number of aryl methyl sites for hydroxylation is 1. The van der Waals surface area contributed by atoms with E-state index in [-0.39, 0.29) is 5.91 Å². The summed E-state index contributed by atoms with van der Waals surface area (Å²) in [4.78, 5) is 14.3. The van der Waals surface area contributed by atoms with Crippen molar-refractivity contribution in [2.24, 2.45) is 0 Å². The summed E-state index contributed by atoms with van der Waals surface area (Å²) in [5.74, 6) is 0.269. The van der Waals surface area contributed by atoms with Crippen molar-refractivity contribution in [1.82, 2.24) is 10.2 Å². The van der Waals surface area contributed by atoms with Crippen LogP contribution in [0.2, 0.25) is 0 Å². The Morgan fingerprint density at radius 3 is 2.95 bits per heavy atom. The number of nitrogens with zero attached hydrogens (tertiary/aromatic N) is 2. The van der Waals surface area contributed by atoms with Gasteiger partial charge in [0.25, 0.3) is 5.91 Å². The van der Waals surface area contributed by atoms with Crippen molar-refractivity contribution in [2.45, 2.75) is 19.3 Å². The smallest absolute Gasteiger partial charge is 0.276 e. The zero-order valence-electron chi connectivity index (χ0n) is 10.6. The first-order valence-electron chi connectivity index (χ1n) is 6.46. The van der Waals surface area contributed by atoms with Gasteiger partial charge in [0, 0.05) is 18.3 Å². The normalized spacial score (nSPS) is 14.8. The number of benzene rings is 1. The fourth-order valence-electron chi connectivity index (χ4n) is 2.49. The molecule has 0 unspecified atom stereocenters. The van der Waals surface area contributed by atoms with Gasteiger partial charge in [-0.25, -0.2) is 0 Å². The first kappa shape index (κ1) is 11.8. The number of hydrogen-bond acceptors (Lipinski definition) is 3. The van der Waals surface area contributed by atoms with Crippen LogP contribution in [0.25, 0.3) is 0 Å². The number of rotatable bonds is 1. The third-order valence-corrected chi connectivity index (χ3v) is 3.43. The van der Waals surface area contributed by atoms with Gasteiger partial charge in [-0.05, 0) is 30.9 Å². The van der Waals surface area contributed by atoms with Gasteiger partial charge in [0.05, 0.1) is 0 Å². The van der Waals surface area contributed by atoms with Crippen molar-refractivity contribution in [3.05, 3.63) is 41.6 Å². The number of fused-ring (bicyclic) bond motifs is 1. The number of carbonyl (C=O) groups is 1. The molecule has 1 amide bonds. The van der Waals surface area contributed by atoms with E-state index in [1.807, 2.05) is 23.1 Å². The molecule has 5 heteroatoms. The molecule has 3 N–H and O–H groups in total. The van der Waals surface area contributed by atoms with Crippen LogP contribution in [0.15, 0.2) is 30.3 Å². The standard InChI is InChI=1S/C14H16N4O/c15-13-9-11(16-17-13)14(19)18-8-4-3-6-10-5-1-2-7-12(10)18/h1-2,5,7,9H,3-4,6,8H2,(H3,15,16,17). The number of nitrogens with two attached hydrogens (primary N) is 1. The fourth-order valence-corrected chi connectivity index (χ4v) is 2.49. The van der Waals surface area contributed by atoms with Crippen molar-refractivity contribution in [3.8, 4) is 0 Å². The van der Waals surface area contributed by atoms with Crippen LogP contribution in [0.1, 0.15) is 28.9 Å². The Balaban J connectivity index is 1.98. The van der Waals surface area contributed by atoms with Gasteiger partial charge < -0.3 is 10.6 Å². The van der Waals surface area contributed by atoms with Crippen LogP contribution >= 0.6 is 0 Å². The SMILES string of the molecule is Nc1cc(C(=O)N2CCCCc3ccccc32)[nH]n1. The number of nitrogen functional groups attached to an aromatic ring is 1. The molecule has 1 aromatic carbocycles. The Bertz CT molecular complexity index is 605. The molecule has 3 rings (SSSR count). The maximum Gasteiger partial charge on any atom is 0.276 e. The minimum Gasteiger partial charge on any atom is -0.382 e. The Morgan fingerprint density at radius 2 is 2.16 bits per heavy atom. The van der Waals surface area contributed by atoms with E-state index in [1.165, 1.54) is 5.56 Å². The van der Waals surface area contributed by atoms with Crippen LogP contribution in [0.5, 0.6) is 0 Å². The van der Waals surface area contributed by atoms with E-state index in [0.29, 0.717) is 11.5 Å². The number of carbonyl (C=O) groups excluding carboxylic acids is 1. The summed E-state index contributed by atoms with van der Waals surface area (Å²) in [6, 6.07) is 9.64. The first-order valence-corrected chi connectivity index (χ1v) is 6.46. The van der Waals surface area contributed by atoms with Gasteiger partial charge >= 0.3 is 0 Å². The van der Waals surface area contributed by atoms with Gasteiger partial charge in [-0.3, -0.25) is 9.89 Å². The van der Waals surface area contributed by atoms with Crippen molar-refractivity contribution >= 4 is 17.4 Å². The predicted molar refractivity (Wildman–Crippen MR) is 74.1 cm³/mol. The lowest BCUT2D eigenvalue weighted by Gasteiger charge is -2.22. The first-order chi connectivity index (χ1) is 9.25. The zero-order valence-corrected chi connectivity index (χ0v) is 10.6. The van der Waals surface area contributed by atoms with E-state index < -0.39 is 0 Å². The van der Waals surface area contributed by atoms with Gasteiger partial charge in [0.15, 0.2) is 0 Å². The number of hydrogen-bond donors (Lipinski definition) is 2. The quantitative estimate of drug-likeness (QED) is 0.819. The van der Waals surface area contributed by atoms with E-state index in [4.69, 9.17) is 5.73 Å². The molecule has 0 saturated heterocycles. The molecular weight excluding hydrogens is 240 g/mol. The Morgan fingerprint density at radius 1 is 1.32 bits per heavy atom. The number of para-hydroxylation sites is 1. The molecule has 1 aromatic heterocycles. The predicted octanol–water partition coefficient (Wildman–Crippen LogP) is 1.98. The van der Waals surface area contributed by atoms with Gasteiger partial charge in [-0.1, -0.05) is 18.2 Å². The number of nitrogens with one attached hydrogen (secondary N) is 1. The third kappa shape index (κ3) is 2.19. The maximum atomic E-state index is 12.5. The van der Waals surface area contributed by atoms with Crippen molar-refractivity contribution < 1.29 is 4.79 Å². The molecule has 0 spiro atoms. The van der Waals surface area contributed by atoms with E-state index in [2.05, 4.69) is 16.3 Å². The van der Waals surface area contributed by atoms with Gasteiger partial charge in [0.1, 0.15) is 11.5 Å². The van der Waals surface area contributed by atoms with Crippen LogP contribution in [0.3, 0.4) is 0 Å². The van der Waals surface area contributed by atoms with Crippen LogP contribution in [0.4, 0.5) is 11.5 Å². The second-order valence-electron chi connectivity index (χ2n) is 4.75. The largest absolute Gasteiger partial charge is 0.382 e. The van der Waals surface area contributed by atoms with Crippen LogP contribution < -0.4 is 10.6 Å². The Labute approximate surface area is 111 Å². The summed E-state index contributed by atoms with van der Waals surface area (Å²) in [6.07, 6.45) is 3.13. The van der Waals surface area contributed by atoms with Crippen LogP contribution in [0, 0.1) is 0 Å². The third-order valence-electron chi connectivity index (χ3n) is 3.43. The molecule has 1 aliphatic heterocycles. The zero-order chi connectivity index (χ0) is 13.2. The van der Waals surface area contributed by atoms with E-state index in [0.717, 1.165) is 31.5 Å². The molecule has 0 fully saturated rings. The van der Waals surface area contributed by atoms with E-state index in [9.17, 15) is 4.79 Å². The van der Waals surface area contributed by atoms with Crippen LogP contribution in [-0.2, 0) is 6.42 Å². The highest BCUT2D eigenvalue weighted by molar-refractivity contribution is 6.05. The molecule has 0 saturated carbocycles. The highest BCUT2D eigenvalue weighted by atomic mass is 16.2. The van der Waals surface area contributed by atoms with Gasteiger partial charge in [-0.2, -0.15) is 5.10 Å². The lowest BCUT2D eigenvalue weighted by Crippen LogP contribution is -2.32. The molecule has 98 valence electrons. The molecule has 0 aliphatic carbocycles. The lowest BCUT2D eigenvalue weighted by atomic mass is 10.1. The minimum absolute atomic E-state index is 0.0708. The van der Waals surface area contributed by atoms with E-state index in [1.54, 1.807) is 6.07 Å². The molecule has 5 nitrogen and oxygen atoms in total. The average Bonchev–Trinajstić information content (AvgIpc) is 2.74. The fraction of sp³-hybridized carbons (Fsp3) is 0.286. The second kappa shape index (κ2) is 4.76. The van der Waals surface area contributed by atoms with E-state index >= 15 is 0 Å². The highest BCUT2D eigenvalue weighted by Crippen LogP contribution is 2.27. The summed E-state index contributed by atoms with van der Waals surface area (Å²) in [7, 11) is 0. The number of aromatic nitrogens is 2. The molecule has 19 heavy (non-hydrogen) atoms. The van der Waals surface area contributed by atoms with Crippen molar-refractivity contribution in [3.63, 3.8) is 0 Å². The lowest BCUT2D eigenvalue weighted by molar-refractivity contribution is 0.0982. The number of anilines is 2. The summed E-state index contributed by atoms with van der Waals surface area (Å²) < 4.78 is 0. The molecule has 2 aromatic rings. The topological polar surface area (TPSA) is 75.0 Å². The molecule has 0 bridgehead atoms. The van der Waals surface area contributed by atoms with Crippen molar-refractivity contribution in [1.29, 1.82) is 0 Å². The minimum atomic E-state index is -0.0708. The summed E-state index contributed by atoms with van der Waals surface area (Å²) in [5.41, 5.74) is 8.22. The molecular formula is C14H16N4O. The van der Waals surface area contributed by atoms with Gasteiger partial charge in [-0.15, -0.1) is 0 Å². The number of amides is 1. The molecule has 0 atom stereocenters. The highest BCUT2D eigenvalue weighted by Gasteiger charge is 2.23. The Kier molecular flexibility index (Phi) is 2.95. The average molecular weight is 256 g/mol. The van der Waals surface area contributed by atoms with Crippen LogP contribution in [-0.4, -0.2) is 22.6 Å². The molecule has 0 radical (unpaired) electrons. The maximum absolute atomic E-state index is 12.5. The summed E-state index contributed by atoms with van der Waals surface area (Å²) in [6.45, 7) is 0.731. The van der Waals surface area contributed by atoms with Gasteiger partial charge in [0.2, 0.25) is 0 Å². The Hall–Kier alpha value is -2.30. The summed E-state index contributed by atoms with van der Waals surface area (Å²) in [5, 5.41) is 6.50. The van der Waals surface area contributed by atoms with Crippen molar-refractivity contribution in [2.75, 3.05) is 17.2 Å². The molecule has 1 aliphatic rings. The summed E-state index contributed by atoms with van der Waals surface area (Å²) >= 11 is 0. The number of aromatic amines is 1. The second-order valence-corrected chi connectivity index (χ2v) is 4.75. The monoisotopic (exact) mass is 256 g/mol. The number of H-pyrrole nitrogens is 1.